The molecule has 1 aromatic heterocycles. The molecule has 2 fully saturated rings. The van der Waals surface area contributed by atoms with Gasteiger partial charge in [-0.15, -0.1) is 0 Å². The topological polar surface area (TPSA) is 54.7 Å². The van der Waals surface area contributed by atoms with Crippen molar-refractivity contribution in [1.82, 2.24) is 0 Å². The van der Waals surface area contributed by atoms with Crippen LogP contribution in [0.2, 0.25) is 0 Å². The lowest BCUT2D eigenvalue weighted by Gasteiger charge is -2.29. The van der Waals surface area contributed by atoms with E-state index in [-0.39, 0.29) is 27.2 Å². The maximum Gasteiger partial charge on any atom is 0.360 e. The molecule has 0 saturated heterocycles. The first-order valence-corrected chi connectivity index (χ1v) is 16.4. The maximum atomic E-state index is 13.5. The Morgan fingerprint density at radius 3 is 1.93 bits per heavy atom. The fourth-order valence-electron chi connectivity index (χ4n) is 7.10. The summed E-state index contributed by atoms with van der Waals surface area (Å²) in [6.45, 7) is 0. The molecule has 1 unspecified atom stereocenters. The molecule has 2 heterocycles. The average molecular weight is 584 g/mol. The van der Waals surface area contributed by atoms with Crippen LogP contribution in [0.3, 0.4) is 0 Å². The van der Waals surface area contributed by atoms with Crippen LogP contribution < -0.4 is 21.3 Å². The van der Waals surface area contributed by atoms with Crippen molar-refractivity contribution in [2.75, 3.05) is 0 Å². The number of ether oxygens (including phenoxy) is 1. The lowest BCUT2D eigenvalue weighted by molar-refractivity contribution is 0.259. The van der Waals surface area contributed by atoms with E-state index in [1.54, 1.807) is 6.08 Å². The highest BCUT2D eigenvalue weighted by molar-refractivity contribution is 5.65. The Bertz CT molecular complexity index is 1850. The zero-order valence-corrected chi connectivity index (χ0v) is 25.2. The molecule has 1 atom stereocenters. The summed E-state index contributed by atoms with van der Waals surface area (Å²) in [5, 5.41) is 0.509. The Labute approximate surface area is 258 Å². The molecule has 4 nitrogen and oxygen atoms in total. The third-order valence-corrected chi connectivity index (χ3v) is 9.54. The molecule has 3 aliphatic rings. The first kappa shape index (κ1) is 28.5. The van der Waals surface area contributed by atoms with Crippen molar-refractivity contribution >= 4 is 17.9 Å². The third kappa shape index (κ3) is 6.04. The standard InChI is InChI=1S/C40H39O4/c41-39-33(21-27-23-35(29-13-5-1-6-14-29)43-36(24-27)30-15-7-2-8-16-30)40(42)34(39)22-28-25-37(31-17-9-3-10-18-31)44-38(26-28)32-19-11-4-12-20-32/h1,3,5-6,9-10,13-14,17-18,21-27,30,32H,2,4,7-8,11-12,15-16,19-20H2/q+1. The second-order valence-electron chi connectivity index (χ2n) is 12.6. The lowest BCUT2D eigenvalue weighted by Crippen LogP contribution is -2.64. The van der Waals surface area contributed by atoms with Crippen LogP contribution in [0.25, 0.3) is 29.2 Å². The van der Waals surface area contributed by atoms with E-state index in [9.17, 15) is 9.59 Å². The van der Waals surface area contributed by atoms with Gasteiger partial charge >= 0.3 is 11.5 Å². The molecule has 0 amide bonds. The summed E-state index contributed by atoms with van der Waals surface area (Å²) in [4.78, 5) is 26.9. The molecular formula is C40H39O4+. The highest BCUT2D eigenvalue weighted by Crippen LogP contribution is 2.38. The van der Waals surface area contributed by atoms with E-state index < -0.39 is 0 Å². The maximum absolute atomic E-state index is 13.5. The van der Waals surface area contributed by atoms with Crippen LogP contribution in [-0.4, -0.2) is 0 Å². The predicted molar refractivity (Wildman–Crippen MR) is 177 cm³/mol. The van der Waals surface area contributed by atoms with Gasteiger partial charge in [-0.05, 0) is 61.6 Å². The molecule has 222 valence electrons. The van der Waals surface area contributed by atoms with Crippen molar-refractivity contribution in [1.29, 1.82) is 0 Å². The number of rotatable bonds is 6. The van der Waals surface area contributed by atoms with E-state index in [1.807, 2.05) is 84.9 Å². The number of allylic oxidation sites excluding steroid dienone is 3. The van der Waals surface area contributed by atoms with E-state index in [0.717, 1.165) is 65.4 Å². The summed E-state index contributed by atoms with van der Waals surface area (Å²) in [7, 11) is 0. The SMILES string of the molecule is O=c1c(=Cc2cc(-c3ccccc3)[o+]c(C3CCCCC3)c2)c(=O)c1=CC1C=C(c2ccccc2)OC(C2CCCCC2)=C1. The van der Waals surface area contributed by atoms with Gasteiger partial charge in [0.25, 0.3) is 0 Å². The molecule has 4 aromatic rings. The summed E-state index contributed by atoms with van der Waals surface area (Å²) in [6, 6.07) is 24.1. The second kappa shape index (κ2) is 12.7. The average Bonchev–Trinajstić information content (AvgIpc) is 3.10. The van der Waals surface area contributed by atoms with Gasteiger partial charge in [0.1, 0.15) is 11.5 Å². The zero-order chi connectivity index (χ0) is 29.9. The van der Waals surface area contributed by atoms with Gasteiger partial charge < -0.3 is 4.74 Å². The molecule has 4 heteroatoms. The van der Waals surface area contributed by atoms with Crippen LogP contribution in [-0.2, 0) is 4.74 Å². The number of benzene rings is 2. The van der Waals surface area contributed by atoms with Crippen LogP contribution in [0.4, 0.5) is 0 Å². The summed E-state index contributed by atoms with van der Waals surface area (Å²) in [6.07, 6.45) is 19.5. The summed E-state index contributed by atoms with van der Waals surface area (Å²) >= 11 is 0. The van der Waals surface area contributed by atoms with Gasteiger partial charge in [-0.25, -0.2) is 4.42 Å². The van der Waals surface area contributed by atoms with Gasteiger partial charge in [0.2, 0.25) is 10.9 Å². The largest absolute Gasteiger partial charge is 0.461 e. The van der Waals surface area contributed by atoms with Crippen LogP contribution in [0.15, 0.2) is 105 Å². The minimum Gasteiger partial charge on any atom is -0.461 e. The molecule has 1 aliphatic heterocycles. The molecular weight excluding hydrogens is 544 g/mol. The third-order valence-electron chi connectivity index (χ3n) is 9.54. The summed E-state index contributed by atoms with van der Waals surface area (Å²) in [5.41, 5.74) is 2.44. The van der Waals surface area contributed by atoms with Crippen molar-refractivity contribution in [3.05, 3.63) is 138 Å². The molecule has 2 aliphatic carbocycles. The van der Waals surface area contributed by atoms with E-state index in [2.05, 4.69) is 6.08 Å². The molecule has 0 N–H and O–H groups in total. The van der Waals surface area contributed by atoms with Crippen molar-refractivity contribution in [3.8, 4) is 11.3 Å². The van der Waals surface area contributed by atoms with Crippen molar-refractivity contribution in [2.45, 2.75) is 70.1 Å². The van der Waals surface area contributed by atoms with Gasteiger partial charge in [0, 0.05) is 23.5 Å². The highest BCUT2D eigenvalue weighted by atomic mass is 16.5. The molecule has 3 aromatic carbocycles. The minimum absolute atomic E-state index is 0.182. The molecule has 7 rings (SSSR count). The van der Waals surface area contributed by atoms with Crippen molar-refractivity contribution in [2.24, 2.45) is 11.8 Å². The summed E-state index contributed by atoms with van der Waals surface area (Å²) in [5.74, 6) is 4.02. The Hall–Kier alpha value is -4.31. The molecule has 44 heavy (non-hydrogen) atoms. The van der Waals surface area contributed by atoms with Gasteiger partial charge in [0.05, 0.1) is 28.0 Å². The lowest BCUT2D eigenvalue weighted by atomic mass is 9.85. The van der Waals surface area contributed by atoms with Gasteiger partial charge in [-0.3, -0.25) is 9.59 Å². The molecule has 0 spiro atoms. The normalized spacial score (nSPS) is 19.6. The second-order valence-corrected chi connectivity index (χ2v) is 12.6. The smallest absolute Gasteiger partial charge is 0.360 e. The Morgan fingerprint density at radius 1 is 0.659 bits per heavy atom. The number of hydrogen-bond acceptors (Lipinski definition) is 3. The van der Waals surface area contributed by atoms with Gasteiger partial charge in [0.15, 0.2) is 0 Å². The van der Waals surface area contributed by atoms with E-state index in [0.29, 0.717) is 11.8 Å². The van der Waals surface area contributed by atoms with Crippen molar-refractivity contribution < 1.29 is 9.15 Å². The first-order valence-electron chi connectivity index (χ1n) is 16.4. The van der Waals surface area contributed by atoms with Gasteiger partial charge in [-0.2, -0.15) is 0 Å². The van der Waals surface area contributed by atoms with E-state index in [1.165, 1.54) is 38.5 Å². The predicted octanol–water partition coefficient (Wildman–Crippen LogP) is 7.63. The van der Waals surface area contributed by atoms with Gasteiger partial charge in [-0.1, -0.05) is 93.1 Å². The summed E-state index contributed by atoms with van der Waals surface area (Å²) < 4.78 is 12.9. The Kier molecular flexibility index (Phi) is 8.24. The van der Waals surface area contributed by atoms with Crippen LogP contribution in [0, 0.1) is 11.8 Å². The van der Waals surface area contributed by atoms with E-state index in [4.69, 9.17) is 9.15 Å². The fourth-order valence-corrected chi connectivity index (χ4v) is 7.10. The van der Waals surface area contributed by atoms with Crippen LogP contribution in [0.5, 0.6) is 0 Å². The zero-order valence-electron chi connectivity index (χ0n) is 25.2. The quantitative estimate of drug-likeness (QED) is 0.219. The Balaban J connectivity index is 1.26. The molecule has 0 radical (unpaired) electrons. The first-order chi connectivity index (χ1) is 21.6. The Morgan fingerprint density at radius 2 is 1.27 bits per heavy atom. The molecule has 2 saturated carbocycles. The fraction of sp³-hybridized carbons (Fsp3) is 0.325. The van der Waals surface area contributed by atoms with Crippen molar-refractivity contribution in [3.63, 3.8) is 0 Å². The van der Waals surface area contributed by atoms with E-state index >= 15 is 0 Å². The highest BCUT2D eigenvalue weighted by Gasteiger charge is 2.28. The molecule has 0 bridgehead atoms. The minimum atomic E-state index is -0.190. The van der Waals surface area contributed by atoms with Crippen LogP contribution in [0.1, 0.15) is 87.0 Å². The monoisotopic (exact) mass is 583 g/mol. The van der Waals surface area contributed by atoms with Crippen LogP contribution >= 0.6 is 0 Å². The number of hydrogen-bond donors (Lipinski definition) is 0.